The Morgan fingerprint density at radius 1 is 1.12 bits per heavy atom. The van der Waals surface area contributed by atoms with Crippen LogP contribution in [0.25, 0.3) is 11.2 Å². The number of nitrogens with one attached hydrogen (secondary N) is 1. The van der Waals surface area contributed by atoms with E-state index in [0.29, 0.717) is 12.2 Å². The summed E-state index contributed by atoms with van der Waals surface area (Å²) in [6.07, 6.45) is 6.43. The Morgan fingerprint density at radius 3 is 2.96 bits per heavy atom. The van der Waals surface area contributed by atoms with Crippen LogP contribution in [0.3, 0.4) is 0 Å². The van der Waals surface area contributed by atoms with Crippen molar-refractivity contribution in [3.05, 3.63) is 82.7 Å². The molecule has 0 saturated heterocycles. The van der Waals surface area contributed by atoms with Gasteiger partial charge in [-0.3, -0.25) is 14.0 Å². The molecule has 0 atom stereocenters. The van der Waals surface area contributed by atoms with Gasteiger partial charge in [0.25, 0.3) is 11.5 Å². The van der Waals surface area contributed by atoms with Gasteiger partial charge in [0.15, 0.2) is 0 Å². The first-order valence-corrected chi connectivity index (χ1v) is 7.40. The molecule has 0 aliphatic heterocycles. The zero-order chi connectivity index (χ0) is 16.5. The summed E-state index contributed by atoms with van der Waals surface area (Å²) in [6, 6.07) is 10.8. The molecular formula is C17H13N5O2. The van der Waals surface area contributed by atoms with E-state index in [9.17, 15) is 9.59 Å². The molecular weight excluding hydrogens is 306 g/mol. The van der Waals surface area contributed by atoms with E-state index < -0.39 is 5.91 Å². The third kappa shape index (κ3) is 2.32. The van der Waals surface area contributed by atoms with E-state index >= 15 is 0 Å². The molecule has 0 bridgehead atoms. The van der Waals surface area contributed by atoms with Gasteiger partial charge in [0.05, 0.1) is 5.52 Å². The molecule has 0 fully saturated rings. The third-order valence-corrected chi connectivity index (χ3v) is 3.82. The predicted octanol–water partition coefficient (Wildman–Crippen LogP) is 1.27. The van der Waals surface area contributed by atoms with Crippen LogP contribution < -0.4 is 10.9 Å². The van der Waals surface area contributed by atoms with E-state index in [2.05, 4.69) is 15.4 Å². The Kier molecular flexibility index (Phi) is 3.31. The van der Waals surface area contributed by atoms with Crippen molar-refractivity contribution in [3.63, 3.8) is 0 Å². The standard InChI is InChI=1S/C17H13N5O2/c23-16(13-11-18-15-5-1-2-8-21(15)17(13)24)19-10-12-4-3-9-22-14(12)6-7-20-22/h1-9,11H,10H2,(H,19,23). The Morgan fingerprint density at radius 2 is 2.04 bits per heavy atom. The van der Waals surface area contributed by atoms with E-state index in [4.69, 9.17) is 0 Å². The second-order valence-electron chi connectivity index (χ2n) is 5.28. The molecule has 0 aliphatic rings. The molecule has 0 aromatic carbocycles. The van der Waals surface area contributed by atoms with Crippen LogP contribution in [0.15, 0.2) is 66.0 Å². The molecule has 0 saturated carbocycles. The molecule has 0 radical (unpaired) electrons. The number of carbonyl (C=O) groups excluding carboxylic acids is 1. The Bertz CT molecular complexity index is 1110. The van der Waals surface area contributed by atoms with Crippen LogP contribution in [-0.2, 0) is 6.54 Å². The van der Waals surface area contributed by atoms with Gasteiger partial charge >= 0.3 is 0 Å². The van der Waals surface area contributed by atoms with Gasteiger partial charge in [0.2, 0.25) is 0 Å². The maximum absolute atomic E-state index is 12.4. The van der Waals surface area contributed by atoms with Crippen molar-refractivity contribution in [2.45, 2.75) is 6.54 Å². The highest BCUT2D eigenvalue weighted by molar-refractivity contribution is 5.93. The second kappa shape index (κ2) is 5.62. The van der Waals surface area contributed by atoms with E-state index in [0.717, 1.165) is 11.1 Å². The highest BCUT2D eigenvalue weighted by Crippen LogP contribution is 2.09. The van der Waals surface area contributed by atoms with Gasteiger partial charge in [0, 0.05) is 31.3 Å². The molecule has 0 aliphatic carbocycles. The quantitative estimate of drug-likeness (QED) is 0.617. The minimum absolute atomic E-state index is 0.0131. The smallest absolute Gasteiger partial charge is 0.270 e. The van der Waals surface area contributed by atoms with Gasteiger partial charge < -0.3 is 5.32 Å². The average molecular weight is 319 g/mol. The molecule has 4 aromatic heterocycles. The van der Waals surface area contributed by atoms with Crippen molar-refractivity contribution in [3.8, 4) is 0 Å². The number of hydrogen-bond donors (Lipinski definition) is 1. The molecule has 1 N–H and O–H groups in total. The largest absolute Gasteiger partial charge is 0.348 e. The Balaban J connectivity index is 1.62. The fourth-order valence-electron chi connectivity index (χ4n) is 2.62. The second-order valence-corrected chi connectivity index (χ2v) is 5.28. The van der Waals surface area contributed by atoms with Gasteiger partial charge in [-0.25, -0.2) is 9.50 Å². The molecule has 0 unspecified atom stereocenters. The summed E-state index contributed by atoms with van der Waals surface area (Å²) in [6.45, 7) is 0.297. The summed E-state index contributed by atoms with van der Waals surface area (Å²) in [5.74, 6) is -0.452. The van der Waals surface area contributed by atoms with E-state index in [1.54, 1.807) is 35.1 Å². The SMILES string of the molecule is O=C(NCc1cccn2nccc12)c1cnc2ccccn2c1=O. The molecule has 4 aromatic rings. The molecule has 0 spiro atoms. The fourth-order valence-corrected chi connectivity index (χ4v) is 2.62. The Labute approximate surface area is 136 Å². The van der Waals surface area contributed by atoms with E-state index in [1.165, 1.54) is 10.6 Å². The predicted molar refractivity (Wildman–Crippen MR) is 87.8 cm³/mol. The lowest BCUT2D eigenvalue weighted by Crippen LogP contribution is -2.31. The molecule has 7 nitrogen and oxygen atoms in total. The van der Waals surface area contributed by atoms with E-state index in [1.807, 2.05) is 24.4 Å². The Hall–Kier alpha value is -3.48. The lowest BCUT2D eigenvalue weighted by atomic mass is 10.2. The maximum Gasteiger partial charge on any atom is 0.270 e. The normalized spacial score (nSPS) is 11.0. The summed E-state index contributed by atoms with van der Waals surface area (Å²) in [7, 11) is 0. The summed E-state index contributed by atoms with van der Waals surface area (Å²) >= 11 is 0. The number of pyridine rings is 2. The van der Waals surface area contributed by atoms with Crippen LogP contribution in [0, 0.1) is 0 Å². The number of carbonyl (C=O) groups is 1. The minimum atomic E-state index is -0.452. The van der Waals surface area contributed by atoms with Crippen molar-refractivity contribution in [2.24, 2.45) is 0 Å². The van der Waals surface area contributed by atoms with Crippen molar-refractivity contribution in [2.75, 3.05) is 0 Å². The molecule has 118 valence electrons. The first kappa shape index (κ1) is 14.1. The van der Waals surface area contributed by atoms with Crippen molar-refractivity contribution in [1.82, 2.24) is 24.3 Å². The number of amides is 1. The summed E-state index contributed by atoms with van der Waals surface area (Å²) in [5, 5.41) is 6.92. The summed E-state index contributed by atoms with van der Waals surface area (Å²) in [5.41, 5.74) is 1.95. The zero-order valence-electron chi connectivity index (χ0n) is 12.6. The number of fused-ring (bicyclic) bond motifs is 2. The molecule has 4 heterocycles. The van der Waals surface area contributed by atoms with Crippen LogP contribution in [0.5, 0.6) is 0 Å². The highest BCUT2D eigenvalue weighted by atomic mass is 16.2. The van der Waals surface area contributed by atoms with Crippen molar-refractivity contribution < 1.29 is 4.79 Å². The topological polar surface area (TPSA) is 80.8 Å². The van der Waals surface area contributed by atoms with Crippen LogP contribution in [0.1, 0.15) is 15.9 Å². The number of aromatic nitrogens is 4. The number of hydrogen-bond acceptors (Lipinski definition) is 4. The van der Waals surface area contributed by atoms with Crippen LogP contribution in [0.2, 0.25) is 0 Å². The highest BCUT2D eigenvalue weighted by Gasteiger charge is 2.13. The van der Waals surface area contributed by atoms with Gasteiger partial charge in [0.1, 0.15) is 11.2 Å². The fraction of sp³-hybridized carbons (Fsp3) is 0.0588. The van der Waals surface area contributed by atoms with E-state index in [-0.39, 0.29) is 11.1 Å². The van der Waals surface area contributed by atoms with Crippen molar-refractivity contribution in [1.29, 1.82) is 0 Å². The molecule has 7 heteroatoms. The first-order chi connectivity index (χ1) is 11.7. The van der Waals surface area contributed by atoms with Crippen LogP contribution in [-0.4, -0.2) is 24.9 Å². The minimum Gasteiger partial charge on any atom is -0.348 e. The van der Waals surface area contributed by atoms with Crippen LogP contribution >= 0.6 is 0 Å². The van der Waals surface area contributed by atoms with Crippen LogP contribution in [0.4, 0.5) is 0 Å². The molecule has 4 rings (SSSR count). The van der Waals surface area contributed by atoms with Crippen molar-refractivity contribution >= 4 is 17.1 Å². The first-order valence-electron chi connectivity index (χ1n) is 7.40. The number of nitrogens with zero attached hydrogens (tertiary/aromatic N) is 4. The average Bonchev–Trinajstić information content (AvgIpc) is 3.09. The lowest BCUT2D eigenvalue weighted by molar-refractivity contribution is 0.0949. The zero-order valence-corrected chi connectivity index (χ0v) is 12.6. The molecule has 1 amide bonds. The third-order valence-electron chi connectivity index (χ3n) is 3.82. The summed E-state index contributed by atoms with van der Waals surface area (Å²) in [4.78, 5) is 28.9. The monoisotopic (exact) mass is 319 g/mol. The lowest BCUT2D eigenvalue weighted by Gasteiger charge is -2.07. The van der Waals surface area contributed by atoms with Gasteiger partial charge in [-0.2, -0.15) is 5.10 Å². The van der Waals surface area contributed by atoms with Gasteiger partial charge in [-0.05, 0) is 29.8 Å². The maximum atomic E-state index is 12.4. The van der Waals surface area contributed by atoms with Gasteiger partial charge in [-0.1, -0.05) is 12.1 Å². The molecule has 24 heavy (non-hydrogen) atoms. The van der Waals surface area contributed by atoms with Gasteiger partial charge in [-0.15, -0.1) is 0 Å². The number of rotatable bonds is 3. The summed E-state index contributed by atoms with van der Waals surface area (Å²) < 4.78 is 3.08.